The second-order valence-electron chi connectivity index (χ2n) is 5.70. The van der Waals surface area contributed by atoms with E-state index in [0.717, 1.165) is 17.5 Å². The summed E-state index contributed by atoms with van der Waals surface area (Å²) in [6, 6.07) is 12.9. The van der Waals surface area contributed by atoms with Crippen molar-refractivity contribution in [3.8, 4) is 17.4 Å². The molecule has 1 aromatic heterocycles. The maximum Gasteiger partial charge on any atom is 0.222 e. The molecular formula is C19H20N2O4. The number of hydrogen-bond donors (Lipinski definition) is 1. The number of nitroso groups, excluding NO2 is 1. The quantitative estimate of drug-likeness (QED) is 0.638. The van der Waals surface area contributed by atoms with E-state index in [1.165, 1.54) is 0 Å². The average Bonchev–Trinajstić information content (AvgIpc) is 2.91. The van der Waals surface area contributed by atoms with Crippen molar-refractivity contribution in [2.24, 2.45) is 5.18 Å². The van der Waals surface area contributed by atoms with Gasteiger partial charge < -0.3 is 19.1 Å². The zero-order valence-electron chi connectivity index (χ0n) is 14.2. The van der Waals surface area contributed by atoms with Gasteiger partial charge in [-0.15, -0.1) is 4.91 Å². The first-order valence-electron chi connectivity index (χ1n) is 8.12. The second-order valence-corrected chi connectivity index (χ2v) is 5.70. The Hall–Kier alpha value is -3.02. The first-order chi connectivity index (χ1) is 12.2. The van der Waals surface area contributed by atoms with Crippen LogP contribution in [-0.2, 0) is 6.54 Å². The van der Waals surface area contributed by atoms with Crippen molar-refractivity contribution in [2.75, 3.05) is 13.7 Å². The van der Waals surface area contributed by atoms with Crippen LogP contribution in [0.4, 0.5) is 5.69 Å². The van der Waals surface area contributed by atoms with Crippen molar-refractivity contribution in [3.63, 3.8) is 0 Å². The van der Waals surface area contributed by atoms with E-state index in [1.807, 2.05) is 43.3 Å². The number of ether oxygens (including phenoxy) is 2. The van der Waals surface area contributed by atoms with E-state index in [9.17, 15) is 10.0 Å². The van der Waals surface area contributed by atoms with Crippen LogP contribution in [0.1, 0.15) is 18.9 Å². The Bertz CT molecular complexity index is 902. The molecule has 25 heavy (non-hydrogen) atoms. The van der Waals surface area contributed by atoms with Gasteiger partial charge in [0.1, 0.15) is 0 Å². The first kappa shape index (κ1) is 16.8. The van der Waals surface area contributed by atoms with Crippen molar-refractivity contribution in [3.05, 3.63) is 52.9 Å². The molecule has 0 aliphatic heterocycles. The third kappa shape index (κ3) is 3.15. The van der Waals surface area contributed by atoms with E-state index in [1.54, 1.807) is 17.7 Å². The summed E-state index contributed by atoms with van der Waals surface area (Å²) >= 11 is 0. The highest BCUT2D eigenvalue weighted by molar-refractivity contribution is 5.95. The molecule has 2 aromatic carbocycles. The third-order valence-electron chi connectivity index (χ3n) is 4.04. The van der Waals surface area contributed by atoms with Gasteiger partial charge >= 0.3 is 0 Å². The Balaban J connectivity index is 1.99. The molecule has 0 atom stereocenters. The predicted octanol–water partition coefficient (Wildman–Crippen LogP) is 4.59. The van der Waals surface area contributed by atoms with Gasteiger partial charge in [0.2, 0.25) is 5.88 Å². The van der Waals surface area contributed by atoms with Gasteiger partial charge in [-0.05, 0) is 35.4 Å². The van der Waals surface area contributed by atoms with E-state index in [0.29, 0.717) is 30.0 Å². The van der Waals surface area contributed by atoms with Gasteiger partial charge in [-0.1, -0.05) is 31.2 Å². The summed E-state index contributed by atoms with van der Waals surface area (Å²) in [5.41, 5.74) is 1.72. The number of hydrogen-bond acceptors (Lipinski definition) is 5. The van der Waals surface area contributed by atoms with E-state index in [2.05, 4.69) is 5.18 Å². The van der Waals surface area contributed by atoms with Crippen LogP contribution in [0.25, 0.3) is 10.9 Å². The lowest BCUT2D eigenvalue weighted by atomic mass is 10.2. The average molecular weight is 340 g/mol. The van der Waals surface area contributed by atoms with E-state index >= 15 is 0 Å². The van der Waals surface area contributed by atoms with Crippen LogP contribution in [0.2, 0.25) is 0 Å². The molecule has 0 amide bonds. The van der Waals surface area contributed by atoms with Gasteiger partial charge in [0.25, 0.3) is 0 Å². The molecule has 0 unspecified atom stereocenters. The lowest BCUT2D eigenvalue weighted by molar-refractivity contribution is 0.294. The molecule has 0 bridgehead atoms. The summed E-state index contributed by atoms with van der Waals surface area (Å²) < 4.78 is 12.7. The molecule has 1 N–H and O–H groups in total. The summed E-state index contributed by atoms with van der Waals surface area (Å²) in [5.74, 6) is 1.18. The second kappa shape index (κ2) is 7.25. The van der Waals surface area contributed by atoms with Crippen LogP contribution in [-0.4, -0.2) is 23.4 Å². The third-order valence-corrected chi connectivity index (χ3v) is 4.04. The maximum atomic E-state index is 11.1. The molecule has 6 nitrogen and oxygen atoms in total. The van der Waals surface area contributed by atoms with Crippen LogP contribution in [0, 0.1) is 4.91 Å². The van der Waals surface area contributed by atoms with E-state index in [-0.39, 0.29) is 11.6 Å². The van der Waals surface area contributed by atoms with Crippen LogP contribution >= 0.6 is 0 Å². The highest BCUT2D eigenvalue weighted by atomic mass is 16.5. The lowest BCUT2D eigenvalue weighted by Gasteiger charge is -2.13. The van der Waals surface area contributed by atoms with Gasteiger partial charge in [-0.25, -0.2) is 0 Å². The van der Waals surface area contributed by atoms with Gasteiger partial charge in [-0.3, -0.25) is 0 Å². The Kier molecular flexibility index (Phi) is 4.88. The van der Waals surface area contributed by atoms with E-state index in [4.69, 9.17) is 9.47 Å². The molecule has 0 spiro atoms. The standard InChI is InChI=1S/C19H20N2O4/c1-3-10-25-16-9-8-13(11-17(16)24-2)12-21-15-7-5-4-6-14(15)18(20-23)19(21)22/h4-9,11,22H,3,10,12H2,1-2H3. The first-order valence-corrected chi connectivity index (χ1v) is 8.12. The molecule has 0 aliphatic carbocycles. The number of aromatic hydroxyl groups is 1. The van der Waals surface area contributed by atoms with Gasteiger partial charge in [0.05, 0.1) is 25.8 Å². The minimum Gasteiger partial charge on any atom is -0.493 e. The molecule has 0 aliphatic rings. The van der Waals surface area contributed by atoms with Crippen molar-refractivity contribution in [1.82, 2.24) is 4.57 Å². The number of methoxy groups -OCH3 is 1. The number of fused-ring (bicyclic) bond motifs is 1. The van der Waals surface area contributed by atoms with E-state index < -0.39 is 0 Å². The number of nitrogens with zero attached hydrogens (tertiary/aromatic N) is 2. The monoisotopic (exact) mass is 340 g/mol. The van der Waals surface area contributed by atoms with Crippen LogP contribution in [0.15, 0.2) is 47.6 Å². The molecular weight excluding hydrogens is 320 g/mol. The fraction of sp³-hybridized carbons (Fsp3) is 0.263. The lowest BCUT2D eigenvalue weighted by Crippen LogP contribution is -2.01. The van der Waals surface area contributed by atoms with Crippen LogP contribution in [0.5, 0.6) is 17.4 Å². The number of aromatic nitrogens is 1. The molecule has 0 saturated carbocycles. The molecule has 3 aromatic rings. The topological polar surface area (TPSA) is 73.0 Å². The van der Waals surface area contributed by atoms with Crippen molar-refractivity contribution < 1.29 is 14.6 Å². The molecule has 1 heterocycles. The van der Waals surface area contributed by atoms with Gasteiger partial charge in [-0.2, -0.15) is 0 Å². The summed E-state index contributed by atoms with van der Waals surface area (Å²) in [6.07, 6.45) is 0.912. The molecule has 0 fully saturated rings. The number of benzene rings is 2. The van der Waals surface area contributed by atoms with Crippen molar-refractivity contribution >= 4 is 16.6 Å². The fourth-order valence-electron chi connectivity index (χ4n) is 2.85. The maximum absolute atomic E-state index is 11.1. The smallest absolute Gasteiger partial charge is 0.222 e. The Morgan fingerprint density at radius 2 is 1.96 bits per heavy atom. The van der Waals surface area contributed by atoms with Crippen molar-refractivity contribution in [1.29, 1.82) is 0 Å². The Morgan fingerprint density at radius 1 is 1.16 bits per heavy atom. The molecule has 0 saturated heterocycles. The Morgan fingerprint density at radius 3 is 2.68 bits per heavy atom. The van der Waals surface area contributed by atoms with Gasteiger partial charge in [0, 0.05) is 5.39 Å². The largest absolute Gasteiger partial charge is 0.493 e. The minimum absolute atomic E-state index is 0.0606. The van der Waals surface area contributed by atoms with Gasteiger partial charge in [0.15, 0.2) is 17.2 Å². The number of para-hydroxylation sites is 1. The zero-order chi connectivity index (χ0) is 17.8. The molecule has 3 rings (SSSR count). The summed E-state index contributed by atoms with van der Waals surface area (Å²) in [7, 11) is 1.59. The predicted molar refractivity (Wildman–Crippen MR) is 96.9 cm³/mol. The summed E-state index contributed by atoms with van der Waals surface area (Å²) in [6.45, 7) is 3.04. The summed E-state index contributed by atoms with van der Waals surface area (Å²) in [5, 5.41) is 14.0. The van der Waals surface area contributed by atoms with Crippen LogP contribution in [0.3, 0.4) is 0 Å². The SMILES string of the molecule is CCCOc1ccc(Cn2c(O)c(N=O)c3ccccc32)cc1OC. The van der Waals surface area contributed by atoms with Crippen molar-refractivity contribution in [2.45, 2.75) is 19.9 Å². The zero-order valence-corrected chi connectivity index (χ0v) is 14.2. The summed E-state index contributed by atoms with van der Waals surface area (Å²) in [4.78, 5) is 11.1. The molecule has 0 radical (unpaired) electrons. The highest BCUT2D eigenvalue weighted by Crippen LogP contribution is 2.39. The minimum atomic E-state index is -0.138. The Labute approximate surface area is 145 Å². The fourth-order valence-corrected chi connectivity index (χ4v) is 2.85. The molecule has 130 valence electrons. The normalized spacial score (nSPS) is 10.8. The van der Waals surface area contributed by atoms with Crippen LogP contribution < -0.4 is 9.47 Å². The highest BCUT2D eigenvalue weighted by Gasteiger charge is 2.17. The number of rotatable bonds is 7. The molecule has 6 heteroatoms.